The van der Waals surface area contributed by atoms with E-state index >= 15 is 0 Å². The highest BCUT2D eigenvalue weighted by molar-refractivity contribution is 7.80. The maximum absolute atomic E-state index is 5.53. The van der Waals surface area contributed by atoms with Crippen LogP contribution in [0.2, 0.25) is 0 Å². The van der Waals surface area contributed by atoms with E-state index in [4.69, 9.17) is 17.0 Å². The van der Waals surface area contributed by atoms with Gasteiger partial charge in [0.05, 0.1) is 11.6 Å². The highest BCUT2D eigenvalue weighted by atomic mass is 32.1. The van der Waals surface area contributed by atoms with Crippen LogP contribution in [0.1, 0.15) is 43.7 Å². The van der Waals surface area contributed by atoms with Crippen molar-refractivity contribution in [2.45, 2.75) is 39.2 Å². The Balaban J connectivity index is 1.53. The monoisotopic (exact) mass is 368 g/mol. The Labute approximate surface area is 162 Å². The molecule has 1 fully saturated rings. The second kappa shape index (κ2) is 9.04. The third kappa shape index (κ3) is 4.98. The van der Waals surface area contributed by atoms with Gasteiger partial charge in [0, 0.05) is 25.3 Å². The summed E-state index contributed by atoms with van der Waals surface area (Å²) >= 11 is 5.07. The molecular formula is C22H28N2OS. The van der Waals surface area contributed by atoms with E-state index in [1.165, 1.54) is 29.7 Å². The number of hydrogen-bond acceptors (Lipinski definition) is 3. The molecule has 1 heterocycles. The normalized spacial score (nSPS) is 14.9. The average molecular weight is 369 g/mol. The Kier molecular flexibility index (Phi) is 6.51. The van der Waals surface area contributed by atoms with Crippen LogP contribution >= 0.6 is 12.2 Å². The van der Waals surface area contributed by atoms with Gasteiger partial charge >= 0.3 is 0 Å². The molecule has 4 heteroatoms. The summed E-state index contributed by atoms with van der Waals surface area (Å²) in [5.41, 5.74) is 4.04. The zero-order valence-corrected chi connectivity index (χ0v) is 16.5. The first kappa shape index (κ1) is 18.7. The minimum Gasteiger partial charge on any atom is -0.494 e. The van der Waals surface area contributed by atoms with Crippen molar-refractivity contribution in [1.29, 1.82) is 0 Å². The second-order valence-electron chi connectivity index (χ2n) is 6.84. The smallest absolute Gasteiger partial charge is 0.119 e. The molecule has 1 aliphatic rings. The molecule has 1 N–H and O–H groups in total. The van der Waals surface area contributed by atoms with Gasteiger partial charge < -0.3 is 15.0 Å². The van der Waals surface area contributed by atoms with Gasteiger partial charge in [0.15, 0.2) is 0 Å². The number of benzene rings is 2. The van der Waals surface area contributed by atoms with Crippen LogP contribution in [-0.4, -0.2) is 24.7 Å². The Bertz CT molecular complexity index is 704. The molecule has 0 amide bonds. The summed E-state index contributed by atoms with van der Waals surface area (Å²) in [6.45, 7) is 7.66. The molecular weight excluding hydrogens is 340 g/mol. The lowest BCUT2D eigenvalue weighted by atomic mass is 9.89. The molecule has 0 bridgehead atoms. The van der Waals surface area contributed by atoms with Crippen molar-refractivity contribution >= 4 is 22.9 Å². The summed E-state index contributed by atoms with van der Waals surface area (Å²) in [6, 6.07) is 17.5. The molecule has 0 atom stereocenters. The van der Waals surface area contributed by atoms with Gasteiger partial charge in [-0.05, 0) is 68.0 Å². The van der Waals surface area contributed by atoms with Crippen molar-refractivity contribution in [3.63, 3.8) is 0 Å². The summed E-state index contributed by atoms with van der Waals surface area (Å²) < 4.78 is 5.53. The standard InChI is InChI=1S/C22H28N2OS/c1-3-25-22-10-8-21(9-11-22)24-14-12-20(13-15-24)19-6-4-18(5-7-19)16-23-17(2)26/h4-11,20H,3,12-16H2,1-2H3,(H,23,26). The number of nitrogens with zero attached hydrogens (tertiary/aromatic N) is 1. The van der Waals surface area contributed by atoms with Gasteiger partial charge in [0.2, 0.25) is 0 Å². The maximum atomic E-state index is 5.53. The third-order valence-corrected chi connectivity index (χ3v) is 5.14. The highest BCUT2D eigenvalue weighted by Crippen LogP contribution is 2.31. The summed E-state index contributed by atoms with van der Waals surface area (Å²) in [5, 5.41) is 3.21. The average Bonchev–Trinajstić information content (AvgIpc) is 2.68. The van der Waals surface area contributed by atoms with Gasteiger partial charge in [-0.25, -0.2) is 0 Å². The van der Waals surface area contributed by atoms with Crippen LogP contribution in [0.5, 0.6) is 5.75 Å². The third-order valence-electron chi connectivity index (χ3n) is 5.00. The largest absolute Gasteiger partial charge is 0.494 e. The van der Waals surface area contributed by atoms with Gasteiger partial charge in [-0.2, -0.15) is 0 Å². The number of rotatable bonds is 6. The Morgan fingerprint density at radius 3 is 2.31 bits per heavy atom. The van der Waals surface area contributed by atoms with Crippen molar-refractivity contribution in [2.24, 2.45) is 0 Å². The fraction of sp³-hybridized carbons (Fsp3) is 0.409. The summed E-state index contributed by atoms with van der Waals surface area (Å²) in [4.78, 5) is 3.32. The fourth-order valence-corrected chi connectivity index (χ4v) is 3.60. The lowest BCUT2D eigenvalue weighted by molar-refractivity contribution is 0.340. The van der Waals surface area contributed by atoms with Gasteiger partial charge in [-0.3, -0.25) is 0 Å². The van der Waals surface area contributed by atoms with E-state index in [9.17, 15) is 0 Å². The van der Waals surface area contributed by atoms with Crippen molar-refractivity contribution in [3.8, 4) is 5.75 Å². The number of ether oxygens (including phenoxy) is 1. The van der Waals surface area contributed by atoms with Crippen LogP contribution in [0.25, 0.3) is 0 Å². The molecule has 26 heavy (non-hydrogen) atoms. The molecule has 1 aliphatic heterocycles. The van der Waals surface area contributed by atoms with E-state index < -0.39 is 0 Å². The lowest BCUT2D eigenvalue weighted by Gasteiger charge is -2.34. The predicted octanol–water partition coefficient (Wildman–Crippen LogP) is 4.91. The number of thiocarbonyl (C=S) groups is 1. The zero-order chi connectivity index (χ0) is 18.4. The van der Waals surface area contributed by atoms with E-state index in [0.717, 1.165) is 30.4 Å². The molecule has 3 rings (SSSR count). The van der Waals surface area contributed by atoms with E-state index in [0.29, 0.717) is 12.5 Å². The molecule has 138 valence electrons. The molecule has 2 aromatic carbocycles. The summed E-state index contributed by atoms with van der Waals surface area (Å²) in [6.07, 6.45) is 2.40. The molecule has 1 saturated heterocycles. The van der Waals surface area contributed by atoms with Crippen molar-refractivity contribution < 1.29 is 4.74 Å². The van der Waals surface area contributed by atoms with Crippen LogP contribution in [0.4, 0.5) is 5.69 Å². The highest BCUT2D eigenvalue weighted by Gasteiger charge is 2.20. The van der Waals surface area contributed by atoms with Crippen LogP contribution in [0, 0.1) is 0 Å². The molecule has 0 aliphatic carbocycles. The van der Waals surface area contributed by atoms with Crippen molar-refractivity contribution in [2.75, 3.05) is 24.6 Å². The molecule has 0 aromatic heterocycles. The first-order chi connectivity index (χ1) is 12.7. The quantitative estimate of drug-likeness (QED) is 0.733. The van der Waals surface area contributed by atoms with Gasteiger partial charge in [0.1, 0.15) is 5.75 Å². The van der Waals surface area contributed by atoms with Gasteiger partial charge in [0.25, 0.3) is 0 Å². The number of piperidine rings is 1. The topological polar surface area (TPSA) is 24.5 Å². The molecule has 0 spiro atoms. The van der Waals surface area contributed by atoms with Gasteiger partial charge in [-0.1, -0.05) is 36.5 Å². The maximum Gasteiger partial charge on any atom is 0.119 e. The first-order valence-electron chi connectivity index (χ1n) is 9.47. The first-order valence-corrected chi connectivity index (χ1v) is 9.87. The van der Waals surface area contributed by atoms with Gasteiger partial charge in [-0.15, -0.1) is 0 Å². The molecule has 0 unspecified atom stereocenters. The number of anilines is 1. The SMILES string of the molecule is CCOc1ccc(N2CCC(c3ccc(CNC(C)=S)cc3)CC2)cc1. The molecule has 0 saturated carbocycles. The summed E-state index contributed by atoms with van der Waals surface area (Å²) in [7, 11) is 0. The van der Waals surface area contributed by atoms with E-state index in [2.05, 4.69) is 58.7 Å². The molecule has 0 radical (unpaired) electrons. The number of nitrogens with one attached hydrogen (secondary N) is 1. The van der Waals surface area contributed by atoms with Crippen molar-refractivity contribution in [1.82, 2.24) is 5.32 Å². The van der Waals surface area contributed by atoms with Crippen LogP contribution in [0.3, 0.4) is 0 Å². The second-order valence-corrected chi connectivity index (χ2v) is 7.45. The lowest BCUT2D eigenvalue weighted by Crippen LogP contribution is -2.32. The van der Waals surface area contributed by atoms with Crippen molar-refractivity contribution in [3.05, 3.63) is 59.7 Å². The molecule has 3 nitrogen and oxygen atoms in total. The summed E-state index contributed by atoms with van der Waals surface area (Å²) in [5.74, 6) is 1.60. The van der Waals surface area contributed by atoms with Crippen LogP contribution < -0.4 is 15.0 Å². The minimum absolute atomic E-state index is 0.656. The number of hydrogen-bond donors (Lipinski definition) is 1. The zero-order valence-electron chi connectivity index (χ0n) is 15.7. The Morgan fingerprint density at radius 2 is 1.73 bits per heavy atom. The van der Waals surface area contributed by atoms with E-state index in [1.54, 1.807) is 0 Å². The Hall–Kier alpha value is -2.07. The van der Waals surface area contributed by atoms with Crippen LogP contribution in [-0.2, 0) is 6.54 Å². The van der Waals surface area contributed by atoms with E-state index in [1.807, 2.05) is 13.8 Å². The minimum atomic E-state index is 0.656. The Morgan fingerprint density at radius 1 is 1.08 bits per heavy atom. The molecule has 2 aromatic rings. The van der Waals surface area contributed by atoms with Crippen LogP contribution in [0.15, 0.2) is 48.5 Å². The fourth-order valence-electron chi connectivity index (χ4n) is 3.53. The predicted molar refractivity (Wildman–Crippen MR) is 113 cm³/mol. The van der Waals surface area contributed by atoms with E-state index in [-0.39, 0.29) is 0 Å².